The Morgan fingerprint density at radius 2 is 1.70 bits per heavy atom. The van der Waals surface area contributed by atoms with Gasteiger partial charge >= 0.3 is 0 Å². The molecule has 0 aliphatic heterocycles. The van der Waals surface area contributed by atoms with Gasteiger partial charge in [-0.15, -0.1) is 0 Å². The number of hydrogen-bond acceptors (Lipinski definition) is 3. The molecule has 98 valence electrons. The molecule has 0 atom stereocenters. The minimum absolute atomic E-state index is 0.0308. The Hall–Kier alpha value is -2.88. The number of amides is 1. The van der Waals surface area contributed by atoms with E-state index in [1.165, 1.54) is 12.3 Å². The summed E-state index contributed by atoms with van der Waals surface area (Å²) >= 11 is 0. The summed E-state index contributed by atoms with van der Waals surface area (Å²) in [5.74, 6) is -1.37. The summed E-state index contributed by atoms with van der Waals surface area (Å²) in [6.07, 6.45) is 1.36. The molecule has 0 fully saturated rings. The summed E-state index contributed by atoms with van der Waals surface area (Å²) < 4.78 is 4.91. The standard InChI is InChI=1S/C16H11NO3/c18-15(14-6-3-9-20-14)16(19)17-13-8-7-11-4-1-2-5-12(11)10-13/h1-10H,(H,17,19). The van der Waals surface area contributed by atoms with E-state index in [2.05, 4.69) is 5.32 Å². The molecule has 4 heteroatoms. The zero-order valence-electron chi connectivity index (χ0n) is 10.5. The highest BCUT2D eigenvalue weighted by atomic mass is 16.3. The maximum Gasteiger partial charge on any atom is 0.300 e. The second kappa shape index (κ2) is 5.01. The van der Waals surface area contributed by atoms with Crippen LogP contribution in [-0.4, -0.2) is 11.7 Å². The van der Waals surface area contributed by atoms with Crippen molar-refractivity contribution in [1.29, 1.82) is 0 Å². The number of Topliss-reactive ketones (excluding diaryl/α,β-unsaturated/α-hetero) is 1. The van der Waals surface area contributed by atoms with Gasteiger partial charge in [0, 0.05) is 5.69 Å². The molecule has 4 nitrogen and oxygen atoms in total. The summed E-state index contributed by atoms with van der Waals surface area (Å²) in [5, 5.41) is 4.64. The molecule has 3 rings (SSSR count). The predicted molar refractivity (Wildman–Crippen MR) is 75.6 cm³/mol. The SMILES string of the molecule is O=C(Nc1ccc2ccccc2c1)C(=O)c1ccco1. The van der Waals surface area contributed by atoms with Crippen molar-refractivity contribution in [3.63, 3.8) is 0 Å². The first-order chi connectivity index (χ1) is 9.74. The van der Waals surface area contributed by atoms with E-state index >= 15 is 0 Å². The molecule has 0 saturated carbocycles. The third kappa shape index (κ3) is 2.31. The zero-order valence-corrected chi connectivity index (χ0v) is 10.5. The van der Waals surface area contributed by atoms with Crippen molar-refractivity contribution in [2.24, 2.45) is 0 Å². The minimum atomic E-state index is -0.713. The van der Waals surface area contributed by atoms with Crippen molar-refractivity contribution in [2.75, 3.05) is 5.32 Å². The molecule has 0 aliphatic carbocycles. The number of ketones is 1. The Bertz CT molecular complexity index is 775. The first kappa shape index (κ1) is 12.2. The quantitative estimate of drug-likeness (QED) is 0.584. The van der Waals surface area contributed by atoms with E-state index in [0.29, 0.717) is 5.69 Å². The second-order valence-electron chi connectivity index (χ2n) is 4.32. The second-order valence-corrected chi connectivity index (χ2v) is 4.32. The van der Waals surface area contributed by atoms with Crippen molar-refractivity contribution < 1.29 is 14.0 Å². The van der Waals surface area contributed by atoms with Crippen LogP contribution in [0.2, 0.25) is 0 Å². The van der Waals surface area contributed by atoms with Crippen molar-refractivity contribution in [1.82, 2.24) is 0 Å². The van der Waals surface area contributed by atoms with Gasteiger partial charge in [-0.2, -0.15) is 0 Å². The average Bonchev–Trinajstić information content (AvgIpc) is 3.00. The number of hydrogen-bond donors (Lipinski definition) is 1. The van der Waals surface area contributed by atoms with Crippen LogP contribution in [0.4, 0.5) is 5.69 Å². The third-order valence-electron chi connectivity index (χ3n) is 2.96. The topological polar surface area (TPSA) is 59.3 Å². The van der Waals surface area contributed by atoms with Crippen molar-refractivity contribution in [3.8, 4) is 0 Å². The lowest BCUT2D eigenvalue weighted by Gasteiger charge is -2.05. The number of furan rings is 1. The van der Waals surface area contributed by atoms with Crippen LogP contribution >= 0.6 is 0 Å². The fraction of sp³-hybridized carbons (Fsp3) is 0. The molecular formula is C16H11NO3. The highest BCUT2D eigenvalue weighted by Crippen LogP contribution is 2.19. The zero-order chi connectivity index (χ0) is 13.9. The number of carbonyl (C=O) groups excluding carboxylic acids is 2. The molecule has 1 amide bonds. The normalized spacial score (nSPS) is 10.4. The van der Waals surface area contributed by atoms with Gasteiger partial charge in [0.1, 0.15) is 0 Å². The first-order valence-corrected chi connectivity index (χ1v) is 6.12. The van der Waals surface area contributed by atoms with Crippen LogP contribution in [0.25, 0.3) is 10.8 Å². The van der Waals surface area contributed by atoms with Gasteiger partial charge in [-0.3, -0.25) is 9.59 Å². The van der Waals surface area contributed by atoms with Crippen LogP contribution in [0.15, 0.2) is 65.3 Å². The lowest BCUT2D eigenvalue weighted by atomic mass is 10.1. The molecule has 1 N–H and O–H groups in total. The Morgan fingerprint density at radius 3 is 2.45 bits per heavy atom. The fourth-order valence-corrected chi connectivity index (χ4v) is 1.97. The largest absolute Gasteiger partial charge is 0.461 e. The monoisotopic (exact) mass is 265 g/mol. The lowest BCUT2D eigenvalue weighted by Crippen LogP contribution is -2.22. The molecule has 0 spiro atoms. The van der Waals surface area contributed by atoms with Gasteiger partial charge < -0.3 is 9.73 Å². The first-order valence-electron chi connectivity index (χ1n) is 6.12. The van der Waals surface area contributed by atoms with Gasteiger partial charge in [0.25, 0.3) is 11.7 Å². The number of carbonyl (C=O) groups is 2. The summed E-state index contributed by atoms with van der Waals surface area (Å²) in [6, 6.07) is 16.3. The van der Waals surface area contributed by atoms with Crippen LogP contribution in [0, 0.1) is 0 Å². The summed E-state index contributed by atoms with van der Waals surface area (Å²) in [5.41, 5.74) is 0.577. The van der Waals surface area contributed by atoms with E-state index < -0.39 is 11.7 Å². The molecule has 0 aliphatic rings. The van der Waals surface area contributed by atoms with Gasteiger partial charge in [-0.1, -0.05) is 30.3 Å². The number of benzene rings is 2. The highest BCUT2D eigenvalue weighted by Gasteiger charge is 2.18. The van der Waals surface area contributed by atoms with Crippen molar-refractivity contribution in [3.05, 3.63) is 66.6 Å². The van der Waals surface area contributed by atoms with Crippen molar-refractivity contribution >= 4 is 28.2 Å². The molecule has 1 heterocycles. The molecule has 1 aromatic heterocycles. The molecule has 0 saturated heterocycles. The third-order valence-corrected chi connectivity index (χ3v) is 2.96. The van der Waals surface area contributed by atoms with E-state index in [1.807, 2.05) is 36.4 Å². The number of nitrogens with one attached hydrogen (secondary N) is 1. The Labute approximate surface area is 115 Å². The average molecular weight is 265 g/mol. The molecule has 2 aromatic carbocycles. The predicted octanol–water partition coefficient (Wildman–Crippen LogP) is 3.25. The lowest BCUT2D eigenvalue weighted by molar-refractivity contribution is -0.112. The Balaban J connectivity index is 1.82. The van der Waals surface area contributed by atoms with Crippen molar-refractivity contribution in [2.45, 2.75) is 0 Å². The molecular weight excluding hydrogens is 254 g/mol. The number of anilines is 1. The van der Waals surface area contributed by atoms with Crippen LogP contribution in [0.1, 0.15) is 10.6 Å². The van der Waals surface area contributed by atoms with E-state index in [4.69, 9.17) is 4.42 Å². The molecule has 20 heavy (non-hydrogen) atoms. The Kier molecular flexibility index (Phi) is 3.05. The van der Waals surface area contributed by atoms with E-state index in [-0.39, 0.29) is 5.76 Å². The van der Waals surface area contributed by atoms with E-state index in [0.717, 1.165) is 10.8 Å². The van der Waals surface area contributed by atoms with Gasteiger partial charge in [0.15, 0.2) is 5.76 Å². The smallest absolute Gasteiger partial charge is 0.300 e. The molecule has 3 aromatic rings. The van der Waals surface area contributed by atoms with Gasteiger partial charge in [-0.05, 0) is 35.0 Å². The van der Waals surface area contributed by atoms with E-state index in [1.54, 1.807) is 12.1 Å². The fourth-order valence-electron chi connectivity index (χ4n) is 1.97. The number of fused-ring (bicyclic) bond motifs is 1. The van der Waals surface area contributed by atoms with Gasteiger partial charge in [-0.25, -0.2) is 0 Å². The summed E-state index contributed by atoms with van der Waals surface area (Å²) in [6.45, 7) is 0. The minimum Gasteiger partial charge on any atom is -0.461 e. The maximum absolute atomic E-state index is 11.8. The summed E-state index contributed by atoms with van der Waals surface area (Å²) in [7, 11) is 0. The molecule has 0 bridgehead atoms. The highest BCUT2D eigenvalue weighted by molar-refractivity contribution is 6.45. The van der Waals surface area contributed by atoms with Crippen LogP contribution in [0.5, 0.6) is 0 Å². The van der Waals surface area contributed by atoms with Gasteiger partial charge in [0.05, 0.1) is 6.26 Å². The summed E-state index contributed by atoms with van der Waals surface area (Å²) in [4.78, 5) is 23.6. The van der Waals surface area contributed by atoms with Gasteiger partial charge in [0.2, 0.25) is 0 Å². The van der Waals surface area contributed by atoms with Crippen LogP contribution in [0.3, 0.4) is 0 Å². The molecule has 0 radical (unpaired) electrons. The van der Waals surface area contributed by atoms with Crippen LogP contribution in [-0.2, 0) is 4.79 Å². The van der Waals surface area contributed by atoms with E-state index in [9.17, 15) is 9.59 Å². The Morgan fingerprint density at radius 1 is 0.900 bits per heavy atom. The molecule has 0 unspecified atom stereocenters. The maximum atomic E-state index is 11.8. The van der Waals surface area contributed by atoms with Crippen LogP contribution < -0.4 is 5.32 Å². The number of rotatable bonds is 3.